The van der Waals surface area contributed by atoms with Gasteiger partial charge in [0.2, 0.25) is 0 Å². The first-order valence-electron chi connectivity index (χ1n) is 8.52. The Kier molecular flexibility index (Phi) is 5.86. The lowest BCUT2D eigenvalue weighted by atomic mass is 10.0. The number of anilines is 2. The van der Waals surface area contributed by atoms with Crippen molar-refractivity contribution in [1.82, 2.24) is 0 Å². The molecular weight excluding hydrogens is 440 g/mol. The first-order chi connectivity index (χ1) is 13.3. The van der Waals surface area contributed by atoms with E-state index < -0.39 is 10.0 Å². The second-order valence-corrected chi connectivity index (χ2v) is 8.90. The molecule has 0 aliphatic heterocycles. The van der Waals surface area contributed by atoms with E-state index in [4.69, 9.17) is 0 Å². The van der Waals surface area contributed by atoms with E-state index in [1.807, 2.05) is 32.0 Å². The Morgan fingerprint density at radius 1 is 0.857 bits per heavy atom. The number of rotatable bonds is 5. The van der Waals surface area contributed by atoms with Crippen LogP contribution in [-0.4, -0.2) is 14.3 Å². The molecule has 0 unspecified atom stereocenters. The number of hydrogen-bond acceptors (Lipinski definition) is 3. The molecule has 2 N–H and O–H groups in total. The van der Waals surface area contributed by atoms with Crippen molar-refractivity contribution < 1.29 is 13.2 Å². The average molecular weight is 459 g/mol. The molecule has 5 nitrogen and oxygen atoms in total. The predicted molar refractivity (Wildman–Crippen MR) is 115 cm³/mol. The normalized spacial score (nSPS) is 11.1. The van der Waals surface area contributed by atoms with Crippen molar-refractivity contribution in [3.05, 3.63) is 87.9 Å². The van der Waals surface area contributed by atoms with Crippen molar-refractivity contribution in [3.8, 4) is 0 Å². The highest BCUT2D eigenvalue weighted by Gasteiger charge is 2.15. The summed E-state index contributed by atoms with van der Waals surface area (Å²) in [6.07, 6.45) is 0. The zero-order valence-electron chi connectivity index (χ0n) is 15.4. The number of carbonyl (C=O) groups excluding carboxylic acids is 1. The third-order valence-electron chi connectivity index (χ3n) is 4.20. The van der Waals surface area contributed by atoms with E-state index in [0.717, 1.165) is 15.6 Å². The van der Waals surface area contributed by atoms with Crippen molar-refractivity contribution >= 4 is 43.2 Å². The van der Waals surface area contributed by atoms with E-state index in [1.165, 1.54) is 12.1 Å². The summed E-state index contributed by atoms with van der Waals surface area (Å²) in [5.74, 6) is -0.244. The van der Waals surface area contributed by atoms with Crippen LogP contribution in [0.4, 0.5) is 11.4 Å². The van der Waals surface area contributed by atoms with Gasteiger partial charge in [-0.05, 0) is 73.5 Å². The number of para-hydroxylation sites is 1. The molecule has 0 spiro atoms. The maximum atomic E-state index is 12.6. The highest BCUT2D eigenvalue weighted by atomic mass is 79.9. The monoisotopic (exact) mass is 458 g/mol. The first kappa shape index (κ1) is 20.1. The maximum Gasteiger partial charge on any atom is 0.261 e. The van der Waals surface area contributed by atoms with Gasteiger partial charge >= 0.3 is 0 Å². The number of nitrogens with one attached hydrogen (secondary N) is 2. The van der Waals surface area contributed by atoms with Crippen LogP contribution in [0.15, 0.2) is 76.1 Å². The number of carbonyl (C=O) groups is 1. The molecule has 0 saturated carbocycles. The SMILES string of the molecule is Cc1cc(C(=O)Nc2ccc(S(=O)(=O)Nc3ccccc3)cc2)c(C)cc1Br. The second kappa shape index (κ2) is 8.16. The lowest BCUT2D eigenvalue weighted by Gasteiger charge is -2.11. The molecule has 0 aliphatic carbocycles. The minimum Gasteiger partial charge on any atom is -0.322 e. The molecule has 0 heterocycles. The van der Waals surface area contributed by atoms with Gasteiger partial charge in [-0.1, -0.05) is 34.1 Å². The Balaban J connectivity index is 1.76. The van der Waals surface area contributed by atoms with Crippen molar-refractivity contribution in [1.29, 1.82) is 0 Å². The Morgan fingerprint density at radius 2 is 1.50 bits per heavy atom. The molecule has 0 atom stereocenters. The fraction of sp³-hybridized carbons (Fsp3) is 0.0952. The quantitative estimate of drug-likeness (QED) is 0.556. The van der Waals surface area contributed by atoms with Gasteiger partial charge in [0, 0.05) is 21.4 Å². The van der Waals surface area contributed by atoms with Gasteiger partial charge in [0.15, 0.2) is 0 Å². The molecule has 0 radical (unpaired) electrons. The van der Waals surface area contributed by atoms with E-state index in [9.17, 15) is 13.2 Å². The summed E-state index contributed by atoms with van der Waals surface area (Å²) >= 11 is 3.45. The molecule has 7 heteroatoms. The van der Waals surface area contributed by atoms with Gasteiger partial charge in [-0.2, -0.15) is 0 Å². The van der Waals surface area contributed by atoms with Crippen LogP contribution in [0.2, 0.25) is 0 Å². The van der Waals surface area contributed by atoms with Gasteiger partial charge in [0.1, 0.15) is 0 Å². The number of amides is 1. The smallest absolute Gasteiger partial charge is 0.261 e. The molecule has 3 aromatic carbocycles. The van der Waals surface area contributed by atoms with E-state index in [0.29, 0.717) is 16.9 Å². The van der Waals surface area contributed by atoms with Crippen molar-refractivity contribution in [2.45, 2.75) is 18.7 Å². The number of sulfonamides is 1. The van der Waals surface area contributed by atoms with Gasteiger partial charge in [-0.25, -0.2) is 8.42 Å². The summed E-state index contributed by atoms with van der Waals surface area (Å²) in [6, 6.07) is 18.4. The number of benzene rings is 3. The molecule has 3 rings (SSSR count). The van der Waals surface area contributed by atoms with Crippen LogP contribution in [0.5, 0.6) is 0 Å². The summed E-state index contributed by atoms with van der Waals surface area (Å²) < 4.78 is 28.4. The number of halogens is 1. The minimum absolute atomic E-state index is 0.116. The fourth-order valence-electron chi connectivity index (χ4n) is 2.66. The van der Waals surface area contributed by atoms with Crippen LogP contribution in [0.25, 0.3) is 0 Å². The minimum atomic E-state index is -3.70. The highest BCUT2D eigenvalue weighted by molar-refractivity contribution is 9.10. The largest absolute Gasteiger partial charge is 0.322 e. The predicted octanol–water partition coefficient (Wildman–Crippen LogP) is 5.12. The zero-order chi connectivity index (χ0) is 20.3. The standard InChI is InChI=1S/C21H19BrN2O3S/c1-14-13-20(22)15(2)12-19(14)21(25)23-16-8-10-18(11-9-16)28(26,27)24-17-6-4-3-5-7-17/h3-13,24H,1-2H3,(H,23,25). The topological polar surface area (TPSA) is 75.3 Å². The molecule has 3 aromatic rings. The fourth-order valence-corrected chi connectivity index (χ4v) is 4.18. The lowest BCUT2D eigenvalue weighted by Crippen LogP contribution is -2.15. The molecule has 1 amide bonds. The van der Waals surface area contributed by atoms with Crippen molar-refractivity contribution in [2.75, 3.05) is 10.0 Å². The van der Waals surface area contributed by atoms with E-state index in [2.05, 4.69) is 26.0 Å². The molecule has 0 saturated heterocycles. The number of hydrogen-bond donors (Lipinski definition) is 2. The van der Waals surface area contributed by atoms with E-state index >= 15 is 0 Å². The van der Waals surface area contributed by atoms with Crippen molar-refractivity contribution in [2.24, 2.45) is 0 Å². The second-order valence-electron chi connectivity index (χ2n) is 6.37. The molecule has 0 aliphatic rings. The molecule has 0 fully saturated rings. The van der Waals surface area contributed by atoms with Gasteiger partial charge in [-0.3, -0.25) is 9.52 Å². The van der Waals surface area contributed by atoms with Crippen LogP contribution in [0.1, 0.15) is 21.5 Å². The van der Waals surface area contributed by atoms with E-state index in [1.54, 1.807) is 36.4 Å². The zero-order valence-corrected chi connectivity index (χ0v) is 17.8. The van der Waals surface area contributed by atoms with Crippen LogP contribution in [-0.2, 0) is 10.0 Å². The van der Waals surface area contributed by atoms with Crippen molar-refractivity contribution in [3.63, 3.8) is 0 Å². The van der Waals surface area contributed by atoms with Gasteiger partial charge in [-0.15, -0.1) is 0 Å². The summed E-state index contributed by atoms with van der Waals surface area (Å²) in [4.78, 5) is 12.7. The third-order valence-corrected chi connectivity index (χ3v) is 6.45. The Bertz CT molecular complexity index is 1110. The maximum absolute atomic E-state index is 12.6. The Hall–Kier alpha value is -2.64. The van der Waals surface area contributed by atoms with Gasteiger partial charge < -0.3 is 5.32 Å². The van der Waals surface area contributed by atoms with Gasteiger partial charge in [0.25, 0.3) is 15.9 Å². The lowest BCUT2D eigenvalue weighted by molar-refractivity contribution is 0.102. The molecule has 28 heavy (non-hydrogen) atoms. The summed E-state index contributed by atoms with van der Waals surface area (Å²) in [5, 5.41) is 2.80. The molecular formula is C21H19BrN2O3S. The summed E-state index contributed by atoms with van der Waals surface area (Å²) in [7, 11) is -3.70. The number of aryl methyl sites for hydroxylation is 2. The highest BCUT2D eigenvalue weighted by Crippen LogP contribution is 2.23. The molecule has 0 bridgehead atoms. The first-order valence-corrected chi connectivity index (χ1v) is 10.8. The van der Waals surface area contributed by atoms with Crippen LogP contribution >= 0.6 is 15.9 Å². The van der Waals surface area contributed by atoms with Gasteiger partial charge in [0.05, 0.1) is 4.90 Å². The van der Waals surface area contributed by atoms with Crippen LogP contribution < -0.4 is 10.0 Å². The Labute approximate surface area is 173 Å². The Morgan fingerprint density at radius 3 is 2.14 bits per heavy atom. The summed E-state index contributed by atoms with van der Waals surface area (Å²) in [5.41, 5.74) is 3.39. The summed E-state index contributed by atoms with van der Waals surface area (Å²) in [6.45, 7) is 3.78. The van der Waals surface area contributed by atoms with Crippen LogP contribution in [0.3, 0.4) is 0 Å². The van der Waals surface area contributed by atoms with Crippen LogP contribution in [0, 0.1) is 13.8 Å². The third kappa shape index (κ3) is 4.61. The van der Waals surface area contributed by atoms with E-state index in [-0.39, 0.29) is 10.8 Å². The molecule has 144 valence electrons. The average Bonchev–Trinajstić information content (AvgIpc) is 2.65. The molecule has 0 aromatic heterocycles.